The smallest absolute Gasteiger partial charge is 0.335 e. The van der Waals surface area contributed by atoms with Gasteiger partial charge in [-0.2, -0.15) is 0 Å². The van der Waals surface area contributed by atoms with Crippen LogP contribution in [0.25, 0.3) is 11.8 Å². The Morgan fingerprint density at radius 2 is 1.62 bits per heavy atom. The van der Waals surface area contributed by atoms with Crippen molar-refractivity contribution in [2.24, 2.45) is 0 Å². The fraction of sp³-hybridized carbons (Fsp3) is 0.160. The lowest BCUT2D eigenvalue weighted by atomic mass is 10.1. The van der Waals surface area contributed by atoms with Gasteiger partial charge in [0, 0.05) is 17.1 Å². The Morgan fingerprint density at radius 3 is 2.26 bits per heavy atom. The molecule has 4 amide bonds. The Hall–Kier alpha value is -3.55. The Bertz CT molecular complexity index is 1340. The Morgan fingerprint density at radius 1 is 0.941 bits per heavy atom. The molecule has 0 saturated carbocycles. The summed E-state index contributed by atoms with van der Waals surface area (Å²) in [5.41, 5.74) is 3.27. The molecule has 1 aliphatic heterocycles. The lowest BCUT2D eigenvalue weighted by Gasteiger charge is -2.26. The number of carbonyl (C=O) groups excluding carboxylic acids is 3. The monoisotopic (exact) mass is 497 g/mol. The summed E-state index contributed by atoms with van der Waals surface area (Å²) < 4.78 is 7.35. The van der Waals surface area contributed by atoms with Crippen molar-refractivity contribution < 1.29 is 19.1 Å². The van der Waals surface area contributed by atoms with Crippen molar-refractivity contribution in [2.45, 2.75) is 20.8 Å². The van der Waals surface area contributed by atoms with E-state index in [1.165, 1.54) is 6.08 Å². The Labute approximate surface area is 206 Å². The third kappa shape index (κ3) is 4.32. The van der Waals surface area contributed by atoms with Gasteiger partial charge in [0.1, 0.15) is 11.3 Å². The number of aromatic nitrogens is 1. The molecule has 1 fully saturated rings. The van der Waals surface area contributed by atoms with E-state index in [-0.39, 0.29) is 5.57 Å². The minimum atomic E-state index is -0.808. The zero-order valence-corrected chi connectivity index (χ0v) is 20.2. The zero-order valence-electron chi connectivity index (χ0n) is 18.7. The summed E-state index contributed by atoms with van der Waals surface area (Å²) in [5.74, 6) is -0.855. The van der Waals surface area contributed by atoms with Gasteiger partial charge in [-0.1, -0.05) is 23.2 Å². The van der Waals surface area contributed by atoms with Gasteiger partial charge in [-0.3, -0.25) is 14.9 Å². The first-order valence-corrected chi connectivity index (χ1v) is 11.3. The lowest BCUT2D eigenvalue weighted by molar-refractivity contribution is -0.122. The minimum absolute atomic E-state index is 0.150. The van der Waals surface area contributed by atoms with Crippen LogP contribution in [0.2, 0.25) is 10.0 Å². The van der Waals surface area contributed by atoms with Gasteiger partial charge >= 0.3 is 6.03 Å². The van der Waals surface area contributed by atoms with E-state index < -0.39 is 17.8 Å². The number of urea groups is 1. The van der Waals surface area contributed by atoms with Gasteiger partial charge in [-0.15, -0.1) is 0 Å². The summed E-state index contributed by atoms with van der Waals surface area (Å²) in [6, 6.07) is 12.8. The molecule has 0 radical (unpaired) electrons. The van der Waals surface area contributed by atoms with E-state index in [1.54, 1.807) is 36.4 Å². The second kappa shape index (κ2) is 9.37. The summed E-state index contributed by atoms with van der Waals surface area (Å²) >= 11 is 12.2. The third-order valence-electron chi connectivity index (χ3n) is 5.44. The van der Waals surface area contributed by atoms with E-state index in [2.05, 4.69) is 5.32 Å². The van der Waals surface area contributed by atoms with E-state index in [4.69, 9.17) is 27.9 Å². The Balaban J connectivity index is 1.72. The highest BCUT2D eigenvalue weighted by Gasteiger charge is 2.37. The van der Waals surface area contributed by atoms with Crippen LogP contribution in [0.4, 0.5) is 10.5 Å². The average molecular weight is 498 g/mol. The molecular weight excluding hydrogens is 477 g/mol. The molecule has 3 aromatic rings. The molecule has 9 heteroatoms. The summed E-state index contributed by atoms with van der Waals surface area (Å²) in [5, 5.41) is 3.10. The van der Waals surface area contributed by atoms with Crippen molar-refractivity contribution in [3.8, 4) is 11.4 Å². The molecule has 1 N–H and O–H groups in total. The van der Waals surface area contributed by atoms with Crippen LogP contribution in [0.15, 0.2) is 54.1 Å². The van der Waals surface area contributed by atoms with Crippen LogP contribution in [0.1, 0.15) is 23.9 Å². The van der Waals surface area contributed by atoms with Crippen molar-refractivity contribution in [3.63, 3.8) is 0 Å². The van der Waals surface area contributed by atoms with Gasteiger partial charge in [0.05, 0.1) is 22.3 Å². The molecule has 2 aromatic carbocycles. The molecule has 4 rings (SSSR count). The summed E-state index contributed by atoms with van der Waals surface area (Å²) in [6.07, 6.45) is 1.49. The maximum atomic E-state index is 13.2. The first-order chi connectivity index (χ1) is 16.2. The first kappa shape index (κ1) is 23.6. The van der Waals surface area contributed by atoms with E-state index in [1.807, 2.05) is 37.5 Å². The number of ether oxygens (including phenoxy) is 1. The number of hydrogen-bond acceptors (Lipinski definition) is 4. The number of carbonyl (C=O) groups is 3. The van der Waals surface area contributed by atoms with Crippen molar-refractivity contribution >= 4 is 52.8 Å². The number of halogens is 2. The van der Waals surface area contributed by atoms with Crippen LogP contribution in [0.3, 0.4) is 0 Å². The molecule has 1 aliphatic rings. The van der Waals surface area contributed by atoms with Gasteiger partial charge < -0.3 is 9.30 Å². The largest absolute Gasteiger partial charge is 0.494 e. The lowest BCUT2D eigenvalue weighted by Crippen LogP contribution is -2.54. The molecule has 174 valence electrons. The number of amides is 4. The van der Waals surface area contributed by atoms with Crippen LogP contribution in [0, 0.1) is 13.8 Å². The topological polar surface area (TPSA) is 80.6 Å². The second-order valence-electron chi connectivity index (χ2n) is 7.65. The highest BCUT2D eigenvalue weighted by molar-refractivity contribution is 6.42. The molecule has 0 atom stereocenters. The summed E-state index contributed by atoms with van der Waals surface area (Å²) in [4.78, 5) is 39.2. The van der Waals surface area contributed by atoms with Gasteiger partial charge in [-0.25, -0.2) is 9.69 Å². The normalized spacial score (nSPS) is 15.1. The molecule has 7 nitrogen and oxygen atoms in total. The van der Waals surface area contributed by atoms with Crippen LogP contribution < -0.4 is 15.0 Å². The van der Waals surface area contributed by atoms with E-state index in [0.29, 0.717) is 33.7 Å². The molecule has 0 aliphatic carbocycles. The molecule has 34 heavy (non-hydrogen) atoms. The van der Waals surface area contributed by atoms with Crippen molar-refractivity contribution in [3.05, 3.63) is 81.1 Å². The standard InChI is InChI=1S/C25H21Cl2N3O4/c1-4-34-19-8-5-17(6-9-19)30-24(32)20(23(31)28-25(30)33)12-16-11-14(2)29(15(16)3)18-7-10-21(26)22(27)13-18/h5-13H,4H2,1-3H3,(H,28,31,33)/b20-12-. The molecule has 1 saturated heterocycles. The highest BCUT2D eigenvalue weighted by atomic mass is 35.5. The van der Waals surface area contributed by atoms with Crippen LogP contribution >= 0.6 is 23.2 Å². The average Bonchev–Trinajstić information content (AvgIpc) is 3.07. The predicted octanol–water partition coefficient (Wildman–Crippen LogP) is 5.47. The van der Waals surface area contributed by atoms with Crippen molar-refractivity contribution in [1.29, 1.82) is 0 Å². The maximum Gasteiger partial charge on any atom is 0.335 e. The summed E-state index contributed by atoms with van der Waals surface area (Å²) in [7, 11) is 0. The molecule has 0 unspecified atom stereocenters. The first-order valence-electron chi connectivity index (χ1n) is 10.5. The number of hydrogen-bond donors (Lipinski definition) is 1. The molecule has 0 bridgehead atoms. The number of aryl methyl sites for hydroxylation is 1. The van der Waals surface area contributed by atoms with Crippen molar-refractivity contribution in [1.82, 2.24) is 9.88 Å². The minimum Gasteiger partial charge on any atom is -0.494 e. The number of nitrogens with zero attached hydrogens (tertiary/aromatic N) is 2. The van der Waals surface area contributed by atoms with Crippen LogP contribution in [0.5, 0.6) is 5.75 Å². The number of rotatable bonds is 5. The predicted molar refractivity (Wildman–Crippen MR) is 132 cm³/mol. The molecular formula is C25H21Cl2N3O4. The molecule has 2 heterocycles. The van der Waals surface area contributed by atoms with E-state index in [0.717, 1.165) is 22.0 Å². The number of benzene rings is 2. The van der Waals surface area contributed by atoms with Crippen molar-refractivity contribution in [2.75, 3.05) is 11.5 Å². The molecule has 0 spiro atoms. The number of barbiturate groups is 1. The van der Waals surface area contributed by atoms with Crippen LogP contribution in [-0.4, -0.2) is 29.0 Å². The fourth-order valence-corrected chi connectivity index (χ4v) is 4.15. The SMILES string of the molecule is CCOc1ccc(N2C(=O)NC(=O)/C(=C/c3cc(C)n(-c4ccc(Cl)c(Cl)c4)c3C)C2=O)cc1. The van der Waals surface area contributed by atoms with Gasteiger partial charge in [0.15, 0.2) is 0 Å². The van der Waals surface area contributed by atoms with E-state index in [9.17, 15) is 14.4 Å². The van der Waals surface area contributed by atoms with Crippen LogP contribution in [-0.2, 0) is 9.59 Å². The summed E-state index contributed by atoms with van der Waals surface area (Å²) in [6.45, 7) is 6.11. The Kier molecular flexibility index (Phi) is 6.50. The quantitative estimate of drug-likeness (QED) is 0.374. The van der Waals surface area contributed by atoms with Gasteiger partial charge in [0.25, 0.3) is 11.8 Å². The maximum absolute atomic E-state index is 13.2. The van der Waals surface area contributed by atoms with E-state index >= 15 is 0 Å². The third-order valence-corrected chi connectivity index (χ3v) is 6.18. The number of imide groups is 2. The number of anilines is 1. The highest BCUT2D eigenvalue weighted by Crippen LogP contribution is 2.29. The zero-order chi connectivity index (χ0) is 24.6. The number of nitrogens with one attached hydrogen (secondary N) is 1. The second-order valence-corrected chi connectivity index (χ2v) is 8.46. The van der Waals surface area contributed by atoms with Gasteiger partial charge in [-0.05, 0) is 80.9 Å². The fourth-order valence-electron chi connectivity index (χ4n) is 3.86. The van der Waals surface area contributed by atoms with Gasteiger partial charge in [0.2, 0.25) is 0 Å². The molecule has 1 aromatic heterocycles.